The van der Waals surface area contributed by atoms with Gasteiger partial charge in [-0.3, -0.25) is 0 Å². The van der Waals surface area contributed by atoms with Crippen LogP contribution in [0.4, 0.5) is 0 Å². The summed E-state index contributed by atoms with van der Waals surface area (Å²) >= 11 is 0. The van der Waals surface area contributed by atoms with E-state index in [1.165, 1.54) is 36.4 Å². The Kier molecular flexibility index (Phi) is 16.3. The average molecular weight is 596 g/mol. The second-order valence-electron chi connectivity index (χ2n) is 8.39. The van der Waals surface area contributed by atoms with E-state index in [0.717, 1.165) is 16.7 Å². The number of carbonyl (C=O) groups excluding carboxylic acids is 3. The molecule has 12 nitrogen and oxygen atoms in total. The van der Waals surface area contributed by atoms with E-state index in [1.54, 1.807) is 36.4 Å². The summed E-state index contributed by atoms with van der Waals surface area (Å²) in [6.07, 6.45) is 0.633. The maximum atomic E-state index is 10.3. The Morgan fingerprint density at radius 1 is 0.500 bits per heavy atom. The van der Waals surface area contributed by atoms with Gasteiger partial charge in [0.05, 0.1) is 17.9 Å². The monoisotopic (exact) mass is 596 g/mol. The van der Waals surface area contributed by atoms with Crippen LogP contribution in [0.5, 0.6) is 17.2 Å². The Hall–Kier alpha value is -4.13. The molecule has 0 saturated carbocycles. The van der Waals surface area contributed by atoms with Crippen molar-refractivity contribution in [1.29, 1.82) is 0 Å². The first-order valence-corrected chi connectivity index (χ1v) is 11.5. The molecule has 3 aromatic rings. The van der Waals surface area contributed by atoms with E-state index in [9.17, 15) is 29.7 Å². The van der Waals surface area contributed by atoms with Crippen molar-refractivity contribution >= 4 is 17.9 Å². The van der Waals surface area contributed by atoms with Gasteiger partial charge in [0.1, 0.15) is 17.2 Å². The number of hydrogen-bond acceptors (Lipinski definition) is 12. The topological polar surface area (TPSA) is 259 Å². The fraction of sp³-hybridized carbons (Fsp3) is 0.222. The number of phenolic OH excluding ortho intramolecular Hbond substituents is 3. The maximum absolute atomic E-state index is 10.3. The van der Waals surface area contributed by atoms with E-state index in [0.29, 0.717) is 0 Å². The Balaban J connectivity index is 0.000000563. The van der Waals surface area contributed by atoms with Crippen LogP contribution in [0.15, 0.2) is 72.8 Å². The molecule has 3 atom stereocenters. The van der Waals surface area contributed by atoms with Crippen molar-refractivity contribution < 1.29 is 62.1 Å². The first kappa shape index (κ1) is 35.9. The zero-order valence-electron chi connectivity index (χ0n) is 21.2. The Labute approximate surface area is 241 Å². The zero-order chi connectivity index (χ0) is 29.5. The van der Waals surface area contributed by atoms with Crippen molar-refractivity contribution in [2.45, 2.75) is 37.4 Å². The van der Waals surface area contributed by atoms with Crippen LogP contribution < -0.4 is 32.5 Å². The number of aliphatic carboxylic acids is 3. The van der Waals surface area contributed by atoms with Gasteiger partial charge in [0, 0.05) is 18.1 Å². The third-order valence-corrected chi connectivity index (χ3v) is 5.08. The fourth-order valence-electron chi connectivity index (χ4n) is 2.91. The molecule has 0 aliphatic heterocycles. The minimum Gasteiger partial charge on any atom is -0.548 e. The normalized spacial score (nSPS) is 12.1. The summed E-state index contributed by atoms with van der Waals surface area (Å²) in [6, 6.07) is 15.7. The second-order valence-corrected chi connectivity index (χ2v) is 8.39. The van der Waals surface area contributed by atoms with Crippen LogP contribution in [0, 0.1) is 0 Å². The number of nitrogens with two attached hydrogens (primary N) is 3. The minimum absolute atomic E-state index is 0. The Morgan fingerprint density at radius 2 is 0.675 bits per heavy atom. The predicted molar refractivity (Wildman–Crippen MR) is 134 cm³/mol. The van der Waals surface area contributed by atoms with E-state index in [1.807, 2.05) is 0 Å². The summed E-state index contributed by atoms with van der Waals surface area (Å²) < 4.78 is 0. The molecule has 0 amide bonds. The third kappa shape index (κ3) is 14.7. The molecule has 0 bridgehead atoms. The molecule has 0 heterocycles. The van der Waals surface area contributed by atoms with Gasteiger partial charge >= 0.3 is 17.1 Å². The maximum Gasteiger partial charge on any atom is 3.00 e. The Bertz CT molecular complexity index is 1040. The quantitative estimate of drug-likeness (QED) is 0.135. The molecule has 9 N–H and O–H groups in total. The number of phenols is 3. The third-order valence-electron chi connectivity index (χ3n) is 5.08. The van der Waals surface area contributed by atoms with E-state index in [4.69, 9.17) is 32.5 Å². The number of carboxylic acid groups (broad SMARTS) is 3. The summed E-state index contributed by atoms with van der Waals surface area (Å²) in [5.41, 5.74) is 18.1. The average Bonchev–Trinajstić information content (AvgIpc) is 2.88. The number of benzene rings is 3. The molecule has 0 aliphatic carbocycles. The molecule has 3 unspecified atom stereocenters. The Morgan fingerprint density at radius 3 is 0.825 bits per heavy atom. The minimum atomic E-state index is -1.27. The van der Waals surface area contributed by atoms with Gasteiger partial charge in [0.15, 0.2) is 0 Å². The predicted octanol–water partition coefficient (Wildman–Crippen LogP) is -2.97. The first-order valence-electron chi connectivity index (χ1n) is 11.5. The fourth-order valence-corrected chi connectivity index (χ4v) is 2.91. The van der Waals surface area contributed by atoms with E-state index >= 15 is 0 Å². The summed E-state index contributed by atoms with van der Waals surface area (Å²) in [5.74, 6) is -3.38. The van der Waals surface area contributed by atoms with Crippen LogP contribution in [0.25, 0.3) is 0 Å². The summed E-state index contributed by atoms with van der Waals surface area (Å²) in [5, 5.41) is 57.7. The van der Waals surface area contributed by atoms with Crippen LogP contribution >= 0.6 is 0 Å². The smallest absolute Gasteiger partial charge is 0.548 e. The molecule has 0 saturated heterocycles. The molecule has 40 heavy (non-hydrogen) atoms. The number of hydrogen-bond donors (Lipinski definition) is 6. The molecule has 3 aromatic carbocycles. The van der Waals surface area contributed by atoms with Crippen LogP contribution in [0.1, 0.15) is 16.7 Å². The molecular formula is C27H30FeN3O9. The van der Waals surface area contributed by atoms with Gasteiger partial charge in [-0.15, -0.1) is 0 Å². The molecule has 215 valence electrons. The molecule has 0 spiro atoms. The van der Waals surface area contributed by atoms with E-state index in [-0.39, 0.29) is 53.6 Å². The molecule has 3 rings (SSSR count). The second kappa shape index (κ2) is 18.2. The van der Waals surface area contributed by atoms with E-state index < -0.39 is 36.0 Å². The van der Waals surface area contributed by atoms with Crippen molar-refractivity contribution in [3.05, 3.63) is 89.5 Å². The van der Waals surface area contributed by atoms with Crippen molar-refractivity contribution in [3.8, 4) is 17.2 Å². The van der Waals surface area contributed by atoms with Crippen molar-refractivity contribution in [1.82, 2.24) is 0 Å². The van der Waals surface area contributed by atoms with Gasteiger partial charge in [-0.05, 0) is 72.4 Å². The summed E-state index contributed by atoms with van der Waals surface area (Å²) in [7, 11) is 0. The summed E-state index contributed by atoms with van der Waals surface area (Å²) in [4.78, 5) is 30.9. The van der Waals surface area contributed by atoms with Gasteiger partial charge in [-0.2, -0.15) is 0 Å². The number of carbonyl (C=O) groups is 3. The van der Waals surface area contributed by atoms with Crippen molar-refractivity contribution in [2.75, 3.05) is 0 Å². The van der Waals surface area contributed by atoms with E-state index in [2.05, 4.69) is 0 Å². The van der Waals surface area contributed by atoms with Crippen LogP contribution in [-0.4, -0.2) is 51.4 Å². The first-order chi connectivity index (χ1) is 18.3. The number of aromatic hydroxyl groups is 3. The van der Waals surface area contributed by atoms with Crippen molar-refractivity contribution in [2.24, 2.45) is 17.2 Å². The molecule has 0 aliphatic rings. The van der Waals surface area contributed by atoms with Gasteiger partial charge in [-0.1, -0.05) is 36.4 Å². The van der Waals surface area contributed by atoms with Crippen LogP contribution in [0.2, 0.25) is 0 Å². The largest absolute Gasteiger partial charge is 3.00 e. The van der Waals surface area contributed by atoms with Gasteiger partial charge in [-0.25, -0.2) is 0 Å². The van der Waals surface area contributed by atoms with Crippen LogP contribution in [0.3, 0.4) is 0 Å². The van der Waals surface area contributed by atoms with Gasteiger partial charge in [0.25, 0.3) is 0 Å². The summed E-state index contributed by atoms with van der Waals surface area (Å²) in [6.45, 7) is 0. The molecular weight excluding hydrogens is 566 g/mol. The standard InChI is InChI=1S/3C9H11NO3.Fe/c3*10-8(9(12)13)5-6-1-3-7(11)4-2-6;/h3*1-4,8,11H,5,10H2,(H,12,13);/q;;;+3/p-3. The molecule has 0 aromatic heterocycles. The van der Waals surface area contributed by atoms with Gasteiger partial charge < -0.3 is 62.2 Å². The van der Waals surface area contributed by atoms with Crippen LogP contribution in [-0.2, 0) is 50.7 Å². The molecule has 13 heteroatoms. The number of rotatable bonds is 9. The van der Waals surface area contributed by atoms with Gasteiger partial charge in [0.2, 0.25) is 0 Å². The SMILES string of the molecule is NC(Cc1ccc(O)cc1)C(=O)[O-].NC(Cc1ccc(O)cc1)C(=O)[O-].NC(Cc1ccc(O)cc1)C(=O)[O-].[Fe+3]. The van der Waals surface area contributed by atoms with Crippen molar-refractivity contribution in [3.63, 3.8) is 0 Å². The molecule has 1 radical (unpaired) electrons. The number of carboxylic acids is 3. The molecule has 0 fully saturated rings. The zero-order valence-corrected chi connectivity index (χ0v) is 22.3.